The molecule has 2 aromatic carbocycles. The van der Waals surface area contributed by atoms with Crippen molar-refractivity contribution < 1.29 is 28.3 Å². The lowest BCUT2D eigenvalue weighted by atomic mass is 9.97. The lowest BCUT2D eigenvalue weighted by molar-refractivity contribution is -0.154. The van der Waals surface area contributed by atoms with E-state index in [1.807, 2.05) is 36.4 Å². The number of piperidine rings is 1. The average molecular weight is 423 g/mol. The van der Waals surface area contributed by atoms with Crippen molar-refractivity contribution in [1.29, 1.82) is 0 Å². The first-order valence-corrected chi connectivity index (χ1v) is 10.5. The number of furan rings is 1. The van der Waals surface area contributed by atoms with Gasteiger partial charge in [0.15, 0.2) is 6.61 Å². The summed E-state index contributed by atoms with van der Waals surface area (Å²) in [5.41, 5.74) is 1.45. The van der Waals surface area contributed by atoms with E-state index in [0.29, 0.717) is 38.1 Å². The maximum Gasteiger partial charge on any atom is 0.310 e. The Bertz CT molecular complexity index is 1110. The predicted octanol–water partition coefficient (Wildman–Crippen LogP) is 3.47. The van der Waals surface area contributed by atoms with Crippen molar-refractivity contribution in [3.63, 3.8) is 0 Å². The number of likely N-dealkylation sites (tertiary alicyclic amines) is 1. The fourth-order valence-electron chi connectivity index (χ4n) is 4.07. The van der Waals surface area contributed by atoms with Gasteiger partial charge < -0.3 is 18.8 Å². The van der Waals surface area contributed by atoms with Crippen LogP contribution in [0.25, 0.3) is 21.7 Å². The highest BCUT2D eigenvalue weighted by atomic mass is 16.5. The Morgan fingerprint density at radius 1 is 1.06 bits per heavy atom. The van der Waals surface area contributed by atoms with E-state index >= 15 is 0 Å². The van der Waals surface area contributed by atoms with Crippen molar-refractivity contribution in [1.82, 2.24) is 4.90 Å². The normalized spacial score (nSPS) is 14.7. The molecule has 7 heteroatoms. The summed E-state index contributed by atoms with van der Waals surface area (Å²) in [5.74, 6) is -1.11. The molecule has 0 bridgehead atoms. The van der Waals surface area contributed by atoms with Gasteiger partial charge in [-0.05, 0) is 36.6 Å². The number of carbonyl (C=O) groups excluding carboxylic acids is 3. The summed E-state index contributed by atoms with van der Waals surface area (Å²) < 4.78 is 15.9. The smallest absolute Gasteiger partial charge is 0.310 e. The lowest BCUT2D eigenvalue weighted by Crippen LogP contribution is -2.42. The fraction of sp³-hybridized carbons (Fsp3) is 0.375. The summed E-state index contributed by atoms with van der Waals surface area (Å²) in [7, 11) is 0. The average Bonchev–Trinajstić information content (AvgIpc) is 3.21. The number of esters is 2. The van der Waals surface area contributed by atoms with E-state index in [-0.39, 0.29) is 30.8 Å². The SMILES string of the molecule is CCOC(=O)C1CCN(C(=O)COC(=O)Cc2coc3ccc4ccccc4c23)CC1. The topological polar surface area (TPSA) is 86.0 Å². The van der Waals surface area contributed by atoms with E-state index in [2.05, 4.69) is 0 Å². The lowest BCUT2D eigenvalue weighted by Gasteiger charge is -2.30. The Balaban J connectivity index is 1.32. The minimum absolute atomic E-state index is 0.0270. The largest absolute Gasteiger partial charge is 0.466 e. The number of benzene rings is 2. The second-order valence-corrected chi connectivity index (χ2v) is 7.67. The zero-order valence-electron chi connectivity index (χ0n) is 17.5. The molecule has 0 saturated carbocycles. The number of hydrogen-bond donors (Lipinski definition) is 0. The van der Waals surface area contributed by atoms with Gasteiger partial charge in [0, 0.05) is 24.0 Å². The highest BCUT2D eigenvalue weighted by Gasteiger charge is 2.28. The molecule has 4 rings (SSSR count). The number of rotatable bonds is 6. The third-order valence-electron chi connectivity index (χ3n) is 5.70. The summed E-state index contributed by atoms with van der Waals surface area (Å²) in [6.07, 6.45) is 2.72. The molecule has 0 unspecified atom stereocenters. The maximum absolute atomic E-state index is 12.4. The molecule has 1 aliphatic heterocycles. The van der Waals surface area contributed by atoms with Crippen LogP contribution in [0.4, 0.5) is 0 Å². The molecular formula is C24H25NO6. The summed E-state index contributed by atoms with van der Waals surface area (Å²) in [6, 6.07) is 11.8. The molecule has 0 aliphatic carbocycles. The molecule has 31 heavy (non-hydrogen) atoms. The predicted molar refractivity (Wildman–Crippen MR) is 114 cm³/mol. The number of nitrogens with zero attached hydrogens (tertiary/aromatic N) is 1. The molecule has 0 atom stereocenters. The van der Waals surface area contributed by atoms with Crippen LogP contribution in [0.2, 0.25) is 0 Å². The van der Waals surface area contributed by atoms with Crippen molar-refractivity contribution >= 4 is 39.6 Å². The molecule has 162 valence electrons. The van der Waals surface area contributed by atoms with Crippen LogP contribution in [0.1, 0.15) is 25.3 Å². The van der Waals surface area contributed by atoms with E-state index in [0.717, 1.165) is 21.7 Å². The first-order valence-electron chi connectivity index (χ1n) is 10.5. The molecule has 7 nitrogen and oxygen atoms in total. The molecule has 1 saturated heterocycles. The maximum atomic E-state index is 12.4. The quantitative estimate of drug-likeness (QED) is 0.565. The zero-order chi connectivity index (χ0) is 21.8. The molecule has 0 radical (unpaired) electrons. The number of fused-ring (bicyclic) bond motifs is 3. The van der Waals surface area contributed by atoms with Gasteiger partial charge in [-0.2, -0.15) is 0 Å². The molecular weight excluding hydrogens is 398 g/mol. The standard InChI is InChI=1S/C24H25NO6/c1-2-29-24(28)17-9-11-25(12-10-17)21(26)15-31-22(27)13-18-14-30-20-8-7-16-5-3-4-6-19(16)23(18)20/h3-8,14,17H,2,9-13,15H2,1H3. The molecule has 0 spiro atoms. The van der Waals surface area contributed by atoms with Gasteiger partial charge in [0.1, 0.15) is 5.58 Å². The van der Waals surface area contributed by atoms with E-state index < -0.39 is 5.97 Å². The van der Waals surface area contributed by atoms with E-state index in [1.165, 1.54) is 0 Å². The number of amides is 1. The van der Waals surface area contributed by atoms with Gasteiger partial charge in [0.2, 0.25) is 0 Å². The van der Waals surface area contributed by atoms with Crippen LogP contribution in [-0.4, -0.2) is 49.0 Å². The molecule has 1 fully saturated rings. The van der Waals surface area contributed by atoms with Gasteiger partial charge in [0.25, 0.3) is 5.91 Å². The van der Waals surface area contributed by atoms with Crippen LogP contribution < -0.4 is 0 Å². The van der Waals surface area contributed by atoms with Crippen molar-refractivity contribution in [2.24, 2.45) is 5.92 Å². The number of hydrogen-bond acceptors (Lipinski definition) is 6. The highest BCUT2D eigenvalue weighted by Crippen LogP contribution is 2.30. The fourth-order valence-corrected chi connectivity index (χ4v) is 4.07. The zero-order valence-corrected chi connectivity index (χ0v) is 17.5. The van der Waals surface area contributed by atoms with Crippen LogP contribution in [0.15, 0.2) is 47.1 Å². The van der Waals surface area contributed by atoms with Gasteiger partial charge in [-0.3, -0.25) is 14.4 Å². The molecule has 1 aromatic heterocycles. The monoisotopic (exact) mass is 423 g/mol. The Morgan fingerprint density at radius 2 is 1.84 bits per heavy atom. The Labute approximate surface area is 179 Å². The second kappa shape index (κ2) is 9.20. The third-order valence-corrected chi connectivity index (χ3v) is 5.70. The minimum atomic E-state index is -0.481. The first kappa shape index (κ1) is 20.9. The Hall–Kier alpha value is -3.35. The second-order valence-electron chi connectivity index (χ2n) is 7.67. The van der Waals surface area contributed by atoms with Crippen LogP contribution in [-0.2, 0) is 30.3 Å². The Morgan fingerprint density at radius 3 is 2.61 bits per heavy atom. The van der Waals surface area contributed by atoms with Gasteiger partial charge in [0.05, 0.1) is 25.2 Å². The molecule has 2 heterocycles. The van der Waals surface area contributed by atoms with E-state index in [4.69, 9.17) is 13.9 Å². The van der Waals surface area contributed by atoms with E-state index in [1.54, 1.807) is 18.1 Å². The van der Waals surface area contributed by atoms with Crippen LogP contribution in [0, 0.1) is 5.92 Å². The van der Waals surface area contributed by atoms with Crippen LogP contribution >= 0.6 is 0 Å². The minimum Gasteiger partial charge on any atom is -0.466 e. The van der Waals surface area contributed by atoms with Gasteiger partial charge in [-0.1, -0.05) is 30.3 Å². The molecule has 1 aliphatic rings. The highest BCUT2D eigenvalue weighted by molar-refractivity contribution is 6.08. The van der Waals surface area contributed by atoms with Crippen molar-refractivity contribution in [2.45, 2.75) is 26.2 Å². The van der Waals surface area contributed by atoms with Crippen molar-refractivity contribution in [2.75, 3.05) is 26.3 Å². The third kappa shape index (κ3) is 4.55. The van der Waals surface area contributed by atoms with Crippen LogP contribution in [0.5, 0.6) is 0 Å². The summed E-state index contributed by atoms with van der Waals surface area (Å²) in [5, 5.41) is 2.96. The summed E-state index contributed by atoms with van der Waals surface area (Å²) in [6.45, 7) is 2.74. The van der Waals surface area contributed by atoms with Gasteiger partial charge >= 0.3 is 11.9 Å². The van der Waals surface area contributed by atoms with Gasteiger partial charge in [-0.15, -0.1) is 0 Å². The van der Waals surface area contributed by atoms with Crippen LogP contribution in [0.3, 0.4) is 0 Å². The number of carbonyl (C=O) groups is 3. The number of ether oxygens (including phenoxy) is 2. The first-order chi connectivity index (χ1) is 15.1. The molecule has 0 N–H and O–H groups in total. The van der Waals surface area contributed by atoms with Crippen molar-refractivity contribution in [3.05, 3.63) is 48.2 Å². The van der Waals surface area contributed by atoms with E-state index in [9.17, 15) is 14.4 Å². The molecule has 3 aromatic rings. The van der Waals surface area contributed by atoms with Crippen molar-refractivity contribution in [3.8, 4) is 0 Å². The summed E-state index contributed by atoms with van der Waals surface area (Å²) in [4.78, 5) is 38.2. The summed E-state index contributed by atoms with van der Waals surface area (Å²) >= 11 is 0. The van der Waals surface area contributed by atoms with Gasteiger partial charge in [-0.25, -0.2) is 0 Å². The Kier molecular flexibility index (Phi) is 6.21. The molecule has 1 amide bonds.